The van der Waals surface area contributed by atoms with Gasteiger partial charge in [-0.1, -0.05) is 34.5 Å². The molecule has 0 saturated carbocycles. The fourth-order valence-electron chi connectivity index (χ4n) is 1.85. The highest BCUT2D eigenvalue weighted by atomic mass is 79.9. The summed E-state index contributed by atoms with van der Waals surface area (Å²) < 4.78 is 2.13. The van der Waals surface area contributed by atoms with E-state index in [4.69, 9.17) is 11.6 Å². The lowest BCUT2D eigenvalue weighted by atomic mass is 10.0. The maximum absolute atomic E-state index is 6.13. The number of benzene rings is 1. The predicted octanol–water partition coefficient (Wildman–Crippen LogP) is 5.63. The van der Waals surface area contributed by atoms with Crippen molar-refractivity contribution >= 4 is 54.8 Å². The van der Waals surface area contributed by atoms with Gasteiger partial charge in [0.05, 0.1) is 6.04 Å². The van der Waals surface area contributed by atoms with Crippen molar-refractivity contribution in [2.45, 2.75) is 13.0 Å². The minimum absolute atomic E-state index is 0.158. The fraction of sp³-hybridized carbons (Fsp3) is 0.231. The Balaban J connectivity index is 2.44. The molecule has 0 bridgehead atoms. The topological polar surface area (TPSA) is 12.0 Å². The van der Waals surface area contributed by atoms with Crippen molar-refractivity contribution in [2.24, 2.45) is 0 Å². The first kappa shape index (κ1) is 14.5. The van der Waals surface area contributed by atoms with Crippen LogP contribution in [0.4, 0.5) is 0 Å². The molecule has 1 aromatic heterocycles. The highest BCUT2D eigenvalue weighted by molar-refractivity contribution is 9.10. The Morgan fingerprint density at radius 2 is 2.06 bits per heavy atom. The number of rotatable bonds is 4. The first-order chi connectivity index (χ1) is 8.61. The lowest BCUT2D eigenvalue weighted by molar-refractivity contribution is 0.630. The van der Waals surface area contributed by atoms with Crippen LogP contribution < -0.4 is 5.32 Å². The first-order valence-electron chi connectivity index (χ1n) is 5.52. The maximum atomic E-state index is 6.13. The van der Waals surface area contributed by atoms with Crippen molar-refractivity contribution in [3.8, 4) is 0 Å². The largest absolute Gasteiger partial charge is 0.306 e. The van der Waals surface area contributed by atoms with Gasteiger partial charge in [0.15, 0.2) is 0 Å². The molecular weight excluding hydrogens is 397 g/mol. The van der Waals surface area contributed by atoms with Gasteiger partial charge in [-0.05, 0) is 57.2 Å². The third-order valence-electron chi connectivity index (χ3n) is 2.58. The van der Waals surface area contributed by atoms with Crippen molar-refractivity contribution in [3.63, 3.8) is 0 Å². The lowest BCUT2D eigenvalue weighted by Gasteiger charge is -2.19. The van der Waals surface area contributed by atoms with E-state index in [1.807, 2.05) is 12.1 Å². The number of hydrogen-bond acceptors (Lipinski definition) is 2. The Hall–Kier alpha value is 0.130. The molecule has 1 unspecified atom stereocenters. The minimum atomic E-state index is 0.158. The zero-order valence-electron chi connectivity index (χ0n) is 9.71. The van der Waals surface area contributed by atoms with Gasteiger partial charge < -0.3 is 5.32 Å². The zero-order valence-corrected chi connectivity index (χ0v) is 14.5. The van der Waals surface area contributed by atoms with Crippen molar-refractivity contribution < 1.29 is 0 Å². The Kier molecular flexibility index (Phi) is 5.27. The smallest absolute Gasteiger partial charge is 0.0597 e. The summed E-state index contributed by atoms with van der Waals surface area (Å²) in [6.07, 6.45) is 0. The molecule has 2 rings (SSSR count). The fourth-order valence-corrected chi connectivity index (χ4v) is 4.29. The third kappa shape index (κ3) is 3.36. The summed E-state index contributed by atoms with van der Waals surface area (Å²) in [5.41, 5.74) is 2.41. The van der Waals surface area contributed by atoms with Gasteiger partial charge >= 0.3 is 0 Å². The maximum Gasteiger partial charge on any atom is 0.0597 e. The number of hydrogen-bond donors (Lipinski definition) is 1. The first-order valence-corrected chi connectivity index (χ1v) is 8.43. The number of thiophene rings is 1. The van der Waals surface area contributed by atoms with Crippen LogP contribution in [0.25, 0.3) is 0 Å². The Morgan fingerprint density at radius 3 is 2.61 bits per heavy atom. The molecule has 0 aliphatic rings. The van der Waals surface area contributed by atoms with E-state index in [9.17, 15) is 0 Å². The zero-order chi connectivity index (χ0) is 13.1. The molecule has 2 aromatic rings. The standard InChI is InChI=1S/C13H12Br2ClNS/c1-2-17-13(11-6-18-7-12(11)15)8-3-9(14)5-10(16)4-8/h3-7,13,17H,2H2,1H3. The van der Waals surface area contributed by atoms with E-state index in [1.165, 1.54) is 5.56 Å². The van der Waals surface area contributed by atoms with Crippen LogP contribution in [-0.4, -0.2) is 6.54 Å². The van der Waals surface area contributed by atoms with E-state index in [-0.39, 0.29) is 6.04 Å². The monoisotopic (exact) mass is 407 g/mol. The lowest BCUT2D eigenvalue weighted by Crippen LogP contribution is -2.21. The van der Waals surface area contributed by atoms with Gasteiger partial charge in [-0.25, -0.2) is 0 Å². The SMILES string of the molecule is CCNC(c1cc(Cl)cc(Br)c1)c1cscc1Br. The van der Waals surface area contributed by atoms with Crippen LogP contribution in [0.15, 0.2) is 37.9 Å². The van der Waals surface area contributed by atoms with E-state index in [0.717, 1.165) is 26.1 Å². The van der Waals surface area contributed by atoms with E-state index < -0.39 is 0 Å². The molecule has 0 spiro atoms. The van der Waals surface area contributed by atoms with E-state index in [0.29, 0.717) is 0 Å². The molecular formula is C13H12Br2ClNS. The molecule has 18 heavy (non-hydrogen) atoms. The molecule has 0 saturated heterocycles. The number of halogens is 3. The van der Waals surface area contributed by atoms with Crippen LogP contribution >= 0.6 is 54.8 Å². The Bertz CT molecular complexity index is 521. The normalized spacial score (nSPS) is 12.7. The number of nitrogens with one attached hydrogen (secondary N) is 1. The van der Waals surface area contributed by atoms with Gasteiger partial charge in [0.1, 0.15) is 0 Å². The van der Waals surface area contributed by atoms with Crippen LogP contribution in [0, 0.1) is 0 Å². The predicted molar refractivity (Wildman–Crippen MR) is 86.7 cm³/mol. The molecule has 0 aliphatic heterocycles. The molecule has 96 valence electrons. The second kappa shape index (κ2) is 6.53. The third-order valence-corrected chi connectivity index (χ3v) is 5.01. The van der Waals surface area contributed by atoms with Crippen molar-refractivity contribution in [3.05, 3.63) is 54.1 Å². The molecule has 1 nitrogen and oxygen atoms in total. The van der Waals surface area contributed by atoms with Gasteiger partial charge in [0.25, 0.3) is 0 Å². The highest BCUT2D eigenvalue weighted by Gasteiger charge is 2.17. The van der Waals surface area contributed by atoms with Gasteiger partial charge in [-0.3, -0.25) is 0 Å². The van der Waals surface area contributed by atoms with Crippen LogP contribution in [0.1, 0.15) is 24.1 Å². The summed E-state index contributed by atoms with van der Waals surface area (Å²) in [6.45, 7) is 3.00. The average Bonchev–Trinajstić information content (AvgIpc) is 2.71. The van der Waals surface area contributed by atoms with Crippen molar-refractivity contribution in [1.82, 2.24) is 5.32 Å². The van der Waals surface area contributed by atoms with Gasteiger partial charge in [0, 0.05) is 19.3 Å². The van der Waals surface area contributed by atoms with Gasteiger partial charge in [-0.15, -0.1) is 0 Å². The van der Waals surface area contributed by atoms with E-state index in [2.05, 4.69) is 60.9 Å². The molecule has 1 atom stereocenters. The molecule has 0 amide bonds. The summed E-state index contributed by atoms with van der Waals surface area (Å²) in [5, 5.41) is 8.49. The van der Waals surface area contributed by atoms with Crippen molar-refractivity contribution in [1.29, 1.82) is 0 Å². The van der Waals surface area contributed by atoms with Crippen LogP contribution in [-0.2, 0) is 0 Å². The highest BCUT2D eigenvalue weighted by Crippen LogP contribution is 2.33. The second-order valence-electron chi connectivity index (χ2n) is 3.87. The summed E-state index contributed by atoms with van der Waals surface area (Å²) in [4.78, 5) is 0. The molecule has 0 aliphatic carbocycles. The molecule has 1 aromatic carbocycles. The molecule has 0 fully saturated rings. The second-order valence-corrected chi connectivity index (χ2v) is 6.82. The molecule has 5 heteroatoms. The Labute approximate surface area is 133 Å². The van der Waals surface area contributed by atoms with E-state index in [1.54, 1.807) is 11.3 Å². The minimum Gasteiger partial charge on any atom is -0.306 e. The summed E-state index contributed by atoms with van der Waals surface area (Å²) in [5.74, 6) is 0. The van der Waals surface area contributed by atoms with Crippen LogP contribution in [0.3, 0.4) is 0 Å². The van der Waals surface area contributed by atoms with Crippen LogP contribution in [0.2, 0.25) is 5.02 Å². The quantitative estimate of drug-likeness (QED) is 0.690. The summed E-state index contributed by atoms with van der Waals surface area (Å²) in [6, 6.07) is 6.16. The summed E-state index contributed by atoms with van der Waals surface area (Å²) in [7, 11) is 0. The van der Waals surface area contributed by atoms with Crippen LogP contribution in [0.5, 0.6) is 0 Å². The molecule has 0 radical (unpaired) electrons. The van der Waals surface area contributed by atoms with E-state index >= 15 is 0 Å². The average molecular weight is 410 g/mol. The van der Waals surface area contributed by atoms with Gasteiger partial charge in [-0.2, -0.15) is 11.3 Å². The summed E-state index contributed by atoms with van der Waals surface area (Å²) >= 11 is 14.9. The molecule has 1 heterocycles. The molecule has 1 N–H and O–H groups in total. The Morgan fingerprint density at radius 1 is 1.28 bits per heavy atom. The van der Waals surface area contributed by atoms with Gasteiger partial charge in [0.2, 0.25) is 0 Å². The van der Waals surface area contributed by atoms with Crippen molar-refractivity contribution in [2.75, 3.05) is 6.54 Å².